The molecule has 0 aliphatic rings. The lowest BCUT2D eigenvalue weighted by Gasteiger charge is -2.20. The maximum absolute atomic E-state index is 14.3. The standard InChI is InChI=1S/C21H23ClFN5O2/c1-27(2)19(29)11-28(3)10-13-8-14-17(9-18(13)30-4)24-12-25-21(14)26-16-7-5-6-15(22)20(16)23/h5-9,12H,10-11H2,1-4H3,(H,24,25,26). The zero-order valence-electron chi connectivity index (χ0n) is 17.2. The van der Waals surface area contributed by atoms with Crippen LogP contribution in [0, 0.1) is 5.82 Å². The lowest BCUT2D eigenvalue weighted by molar-refractivity contribution is -0.129. The van der Waals surface area contributed by atoms with Crippen LogP contribution in [0.3, 0.4) is 0 Å². The highest BCUT2D eigenvalue weighted by Crippen LogP contribution is 2.32. The Labute approximate surface area is 179 Å². The number of nitrogens with zero attached hydrogens (tertiary/aromatic N) is 4. The first-order valence-electron chi connectivity index (χ1n) is 9.21. The summed E-state index contributed by atoms with van der Waals surface area (Å²) in [5, 5.41) is 3.71. The predicted molar refractivity (Wildman–Crippen MR) is 116 cm³/mol. The lowest BCUT2D eigenvalue weighted by atomic mass is 10.1. The average Bonchev–Trinajstić information content (AvgIpc) is 2.71. The molecule has 0 saturated carbocycles. The van der Waals surface area contributed by atoms with Gasteiger partial charge in [0.2, 0.25) is 5.91 Å². The fraction of sp³-hybridized carbons (Fsp3) is 0.286. The number of halogens is 2. The number of rotatable bonds is 7. The highest BCUT2D eigenvalue weighted by atomic mass is 35.5. The molecule has 30 heavy (non-hydrogen) atoms. The zero-order valence-corrected chi connectivity index (χ0v) is 18.0. The largest absolute Gasteiger partial charge is 0.496 e. The second-order valence-corrected chi connectivity index (χ2v) is 7.50. The minimum atomic E-state index is -0.554. The van der Waals surface area contributed by atoms with Crippen LogP contribution < -0.4 is 10.1 Å². The summed E-state index contributed by atoms with van der Waals surface area (Å²) >= 11 is 5.88. The molecule has 3 rings (SSSR count). The van der Waals surface area contributed by atoms with Crippen molar-refractivity contribution in [3.8, 4) is 5.75 Å². The molecule has 3 aromatic rings. The van der Waals surface area contributed by atoms with E-state index in [1.54, 1.807) is 44.3 Å². The third-order valence-corrected chi connectivity index (χ3v) is 4.88. The summed E-state index contributed by atoms with van der Waals surface area (Å²) in [4.78, 5) is 24.0. The molecule has 1 amide bonds. The van der Waals surface area contributed by atoms with Crippen LogP contribution >= 0.6 is 11.6 Å². The smallest absolute Gasteiger partial charge is 0.236 e. The first-order valence-corrected chi connectivity index (χ1v) is 9.59. The van der Waals surface area contributed by atoms with Gasteiger partial charge in [-0.05, 0) is 25.2 Å². The number of methoxy groups -OCH3 is 1. The first kappa shape index (κ1) is 21.7. The van der Waals surface area contributed by atoms with E-state index in [4.69, 9.17) is 16.3 Å². The van der Waals surface area contributed by atoms with Crippen LogP contribution in [0.4, 0.5) is 15.9 Å². The normalized spacial score (nSPS) is 11.0. The quantitative estimate of drug-likeness (QED) is 0.615. The molecule has 158 valence electrons. The first-order chi connectivity index (χ1) is 14.3. The van der Waals surface area contributed by atoms with Crippen LogP contribution in [-0.4, -0.2) is 60.5 Å². The Morgan fingerprint density at radius 3 is 2.70 bits per heavy atom. The fourth-order valence-corrected chi connectivity index (χ4v) is 3.16. The maximum Gasteiger partial charge on any atom is 0.236 e. The van der Waals surface area contributed by atoms with Gasteiger partial charge in [-0.1, -0.05) is 17.7 Å². The Kier molecular flexibility index (Phi) is 6.69. The van der Waals surface area contributed by atoms with Gasteiger partial charge in [0.1, 0.15) is 17.9 Å². The molecule has 9 heteroatoms. The number of nitrogens with one attached hydrogen (secondary N) is 1. The van der Waals surface area contributed by atoms with E-state index in [0.29, 0.717) is 29.0 Å². The second kappa shape index (κ2) is 9.23. The Hall–Kier alpha value is -2.97. The Bertz CT molecular complexity index is 1080. The van der Waals surface area contributed by atoms with E-state index in [2.05, 4.69) is 15.3 Å². The fourth-order valence-electron chi connectivity index (χ4n) is 2.99. The second-order valence-electron chi connectivity index (χ2n) is 7.09. The summed E-state index contributed by atoms with van der Waals surface area (Å²) < 4.78 is 19.9. The third kappa shape index (κ3) is 4.77. The molecule has 1 aromatic heterocycles. The van der Waals surface area contributed by atoms with Crippen molar-refractivity contribution in [3.63, 3.8) is 0 Å². The van der Waals surface area contributed by atoms with Crippen molar-refractivity contribution in [1.29, 1.82) is 0 Å². The van der Waals surface area contributed by atoms with Crippen molar-refractivity contribution < 1.29 is 13.9 Å². The number of hydrogen-bond donors (Lipinski definition) is 1. The zero-order chi connectivity index (χ0) is 21.8. The molecule has 0 spiro atoms. The van der Waals surface area contributed by atoms with Crippen molar-refractivity contribution in [2.45, 2.75) is 6.54 Å². The average molecular weight is 432 g/mol. The number of carbonyl (C=O) groups excluding carboxylic acids is 1. The molecule has 2 aromatic carbocycles. The molecule has 0 fully saturated rings. The van der Waals surface area contributed by atoms with E-state index in [1.165, 1.54) is 12.4 Å². The Morgan fingerprint density at radius 2 is 2.00 bits per heavy atom. The summed E-state index contributed by atoms with van der Waals surface area (Å²) in [5.74, 6) is 0.531. The van der Waals surface area contributed by atoms with E-state index in [-0.39, 0.29) is 23.2 Å². The van der Waals surface area contributed by atoms with Gasteiger partial charge in [0.05, 0.1) is 29.9 Å². The van der Waals surface area contributed by atoms with Gasteiger partial charge in [0, 0.05) is 37.7 Å². The highest BCUT2D eigenvalue weighted by molar-refractivity contribution is 6.31. The van der Waals surface area contributed by atoms with Crippen molar-refractivity contribution >= 4 is 39.9 Å². The number of carbonyl (C=O) groups is 1. The monoisotopic (exact) mass is 431 g/mol. The van der Waals surface area contributed by atoms with Crippen LogP contribution in [0.2, 0.25) is 5.02 Å². The van der Waals surface area contributed by atoms with E-state index < -0.39 is 5.82 Å². The van der Waals surface area contributed by atoms with Crippen LogP contribution in [0.25, 0.3) is 10.9 Å². The van der Waals surface area contributed by atoms with Crippen molar-refractivity contribution in [1.82, 2.24) is 19.8 Å². The molecule has 0 bridgehead atoms. The van der Waals surface area contributed by atoms with Crippen molar-refractivity contribution in [2.24, 2.45) is 0 Å². The van der Waals surface area contributed by atoms with Gasteiger partial charge in [-0.15, -0.1) is 0 Å². The van der Waals surface area contributed by atoms with Crippen LogP contribution in [0.15, 0.2) is 36.7 Å². The van der Waals surface area contributed by atoms with Gasteiger partial charge in [0.25, 0.3) is 0 Å². The van der Waals surface area contributed by atoms with Gasteiger partial charge in [-0.2, -0.15) is 0 Å². The van der Waals surface area contributed by atoms with Gasteiger partial charge in [-0.3, -0.25) is 9.69 Å². The number of fused-ring (bicyclic) bond motifs is 1. The number of ether oxygens (including phenoxy) is 1. The Morgan fingerprint density at radius 1 is 1.23 bits per heavy atom. The molecule has 0 radical (unpaired) electrons. The molecule has 0 atom stereocenters. The third-order valence-electron chi connectivity index (χ3n) is 4.59. The number of benzene rings is 2. The Balaban J connectivity index is 1.97. The van der Waals surface area contributed by atoms with Crippen LogP contribution in [0.5, 0.6) is 5.75 Å². The van der Waals surface area contributed by atoms with Crippen LogP contribution in [-0.2, 0) is 11.3 Å². The SMILES string of the molecule is COc1cc2ncnc(Nc3cccc(Cl)c3F)c2cc1CN(C)CC(=O)N(C)C. The topological polar surface area (TPSA) is 70.6 Å². The summed E-state index contributed by atoms with van der Waals surface area (Å²) in [7, 11) is 6.87. The molecule has 0 unspecified atom stereocenters. The van der Waals surface area contributed by atoms with Crippen molar-refractivity contribution in [2.75, 3.05) is 40.1 Å². The van der Waals surface area contributed by atoms with Gasteiger partial charge < -0.3 is 15.0 Å². The van der Waals surface area contributed by atoms with Gasteiger partial charge >= 0.3 is 0 Å². The predicted octanol–water partition coefficient (Wildman–Crippen LogP) is 3.69. The van der Waals surface area contributed by atoms with Crippen LogP contribution in [0.1, 0.15) is 5.56 Å². The van der Waals surface area contributed by atoms with Crippen molar-refractivity contribution in [3.05, 3.63) is 53.1 Å². The van der Waals surface area contributed by atoms with E-state index >= 15 is 0 Å². The number of amides is 1. The lowest BCUT2D eigenvalue weighted by Crippen LogP contribution is -2.34. The molecule has 1 heterocycles. The minimum Gasteiger partial charge on any atom is -0.496 e. The highest BCUT2D eigenvalue weighted by Gasteiger charge is 2.15. The molecular formula is C21H23ClFN5O2. The maximum atomic E-state index is 14.3. The summed E-state index contributed by atoms with van der Waals surface area (Å²) in [6.45, 7) is 0.733. The molecule has 0 aliphatic heterocycles. The minimum absolute atomic E-state index is 0.000577. The molecule has 1 N–H and O–H groups in total. The number of likely N-dealkylation sites (N-methyl/N-ethyl adjacent to an activating group) is 2. The summed E-state index contributed by atoms with van der Waals surface area (Å²) in [6, 6.07) is 8.40. The number of anilines is 2. The van der Waals surface area contributed by atoms with Gasteiger partial charge in [-0.25, -0.2) is 14.4 Å². The molecule has 7 nitrogen and oxygen atoms in total. The summed E-state index contributed by atoms with van der Waals surface area (Å²) in [6.07, 6.45) is 1.40. The number of aromatic nitrogens is 2. The van der Waals surface area contributed by atoms with E-state index in [0.717, 1.165) is 5.56 Å². The summed E-state index contributed by atoms with van der Waals surface area (Å²) in [5.41, 5.74) is 1.71. The number of hydrogen-bond acceptors (Lipinski definition) is 6. The van der Waals surface area contributed by atoms with E-state index in [1.807, 2.05) is 18.0 Å². The van der Waals surface area contributed by atoms with Gasteiger partial charge in [0.15, 0.2) is 5.82 Å². The van der Waals surface area contributed by atoms with E-state index in [9.17, 15) is 9.18 Å². The molecular weight excluding hydrogens is 409 g/mol. The molecule has 0 aliphatic carbocycles. The molecule has 0 saturated heterocycles.